The van der Waals surface area contributed by atoms with Gasteiger partial charge in [-0.25, -0.2) is 0 Å². The van der Waals surface area contributed by atoms with Crippen LogP contribution >= 0.6 is 0 Å². The zero-order valence-electron chi connectivity index (χ0n) is 11.7. The van der Waals surface area contributed by atoms with Crippen LogP contribution in [0.15, 0.2) is 24.3 Å². The predicted molar refractivity (Wildman–Crippen MR) is 74.9 cm³/mol. The summed E-state index contributed by atoms with van der Waals surface area (Å²) in [5.41, 5.74) is 5.37. The molecular formula is C14H18N2O5. The van der Waals surface area contributed by atoms with Crippen LogP contribution in [0, 0.1) is 5.92 Å². The second kappa shape index (κ2) is 7.88. The van der Waals surface area contributed by atoms with Crippen LogP contribution < -0.4 is 15.8 Å². The highest BCUT2D eigenvalue weighted by Crippen LogP contribution is 2.12. The molecule has 7 heteroatoms. The van der Waals surface area contributed by atoms with E-state index >= 15 is 0 Å². The molecule has 0 aromatic heterocycles. The Bertz CT molecular complexity index is 513. The van der Waals surface area contributed by atoms with Gasteiger partial charge < -0.3 is 20.9 Å². The van der Waals surface area contributed by atoms with Crippen molar-refractivity contribution in [2.24, 2.45) is 11.7 Å². The molecule has 2 amide bonds. The quantitative estimate of drug-likeness (QED) is 0.641. The first-order valence-electron chi connectivity index (χ1n) is 6.39. The van der Waals surface area contributed by atoms with E-state index in [1.165, 1.54) is 0 Å². The molecule has 4 N–H and O–H groups in total. The van der Waals surface area contributed by atoms with Gasteiger partial charge in [0.2, 0.25) is 0 Å². The number of rotatable bonds is 8. The number of carbonyl (C=O) groups excluding carboxylic acids is 2. The number of amides is 2. The molecule has 0 aliphatic rings. The molecule has 114 valence electrons. The first kappa shape index (κ1) is 16.5. The molecule has 1 unspecified atom stereocenters. The van der Waals surface area contributed by atoms with Crippen molar-refractivity contribution in [2.45, 2.75) is 13.3 Å². The normalized spacial score (nSPS) is 11.5. The van der Waals surface area contributed by atoms with E-state index in [4.69, 9.17) is 15.6 Å². The molecule has 21 heavy (non-hydrogen) atoms. The van der Waals surface area contributed by atoms with Crippen molar-refractivity contribution in [3.63, 3.8) is 0 Å². The van der Waals surface area contributed by atoms with E-state index in [1.54, 1.807) is 31.2 Å². The topological polar surface area (TPSA) is 119 Å². The maximum atomic E-state index is 11.8. The summed E-state index contributed by atoms with van der Waals surface area (Å²) in [5, 5.41) is 11.3. The summed E-state index contributed by atoms with van der Waals surface area (Å²) in [7, 11) is 0. The number of nitrogens with two attached hydrogens (primary N) is 1. The molecule has 7 nitrogen and oxygen atoms in total. The molecular weight excluding hydrogens is 276 g/mol. The molecule has 0 heterocycles. The number of hydrogen-bond donors (Lipinski definition) is 3. The van der Waals surface area contributed by atoms with E-state index in [-0.39, 0.29) is 31.4 Å². The second-order valence-electron chi connectivity index (χ2n) is 4.69. The van der Waals surface area contributed by atoms with E-state index in [9.17, 15) is 14.4 Å². The molecule has 0 spiro atoms. The Balaban J connectivity index is 2.47. The summed E-state index contributed by atoms with van der Waals surface area (Å²) in [4.78, 5) is 32.9. The van der Waals surface area contributed by atoms with E-state index in [0.717, 1.165) is 0 Å². The van der Waals surface area contributed by atoms with Crippen LogP contribution in [0.1, 0.15) is 23.7 Å². The molecule has 1 aromatic carbocycles. The molecule has 1 rings (SSSR count). The summed E-state index contributed by atoms with van der Waals surface area (Å²) in [6, 6.07) is 6.21. The minimum absolute atomic E-state index is 0.000174. The average Bonchev–Trinajstić information content (AvgIpc) is 2.42. The Morgan fingerprint density at radius 1 is 1.29 bits per heavy atom. The number of primary amides is 1. The van der Waals surface area contributed by atoms with E-state index in [2.05, 4.69) is 5.32 Å². The molecule has 1 aromatic rings. The van der Waals surface area contributed by atoms with Gasteiger partial charge in [-0.05, 0) is 30.2 Å². The molecule has 0 fully saturated rings. The van der Waals surface area contributed by atoms with E-state index in [1.807, 2.05) is 0 Å². The fraction of sp³-hybridized carbons (Fsp3) is 0.357. The lowest BCUT2D eigenvalue weighted by molar-refractivity contribution is -0.137. The number of carboxylic acids is 1. The van der Waals surface area contributed by atoms with Gasteiger partial charge in [0, 0.05) is 18.5 Å². The Kier molecular flexibility index (Phi) is 6.19. The third-order valence-electron chi connectivity index (χ3n) is 2.63. The molecule has 0 aliphatic carbocycles. The van der Waals surface area contributed by atoms with Crippen molar-refractivity contribution in [2.75, 3.05) is 13.2 Å². The number of ether oxygens (including phenoxy) is 1. The van der Waals surface area contributed by atoms with Gasteiger partial charge in [-0.3, -0.25) is 14.4 Å². The highest BCUT2D eigenvalue weighted by molar-refractivity contribution is 5.94. The van der Waals surface area contributed by atoms with Gasteiger partial charge in [-0.15, -0.1) is 0 Å². The summed E-state index contributed by atoms with van der Waals surface area (Å²) in [5.74, 6) is -1.49. The maximum Gasteiger partial charge on any atom is 0.303 e. The first-order chi connectivity index (χ1) is 9.88. The number of carbonyl (C=O) groups is 3. The number of benzene rings is 1. The largest absolute Gasteiger partial charge is 0.484 e. The van der Waals surface area contributed by atoms with Crippen LogP contribution in [-0.2, 0) is 9.59 Å². The first-order valence-corrected chi connectivity index (χ1v) is 6.39. The zero-order valence-corrected chi connectivity index (χ0v) is 11.7. The maximum absolute atomic E-state index is 11.8. The van der Waals surface area contributed by atoms with Crippen molar-refractivity contribution in [3.8, 4) is 5.75 Å². The standard InChI is InChI=1S/C14H18N2O5/c1-9(6-13(18)19)7-16-14(20)10-2-4-11(5-3-10)21-8-12(15)17/h2-5,9H,6-8H2,1H3,(H2,15,17)(H,16,20)(H,18,19). The van der Waals surface area contributed by atoms with Crippen molar-refractivity contribution < 1.29 is 24.2 Å². The van der Waals surface area contributed by atoms with Crippen LogP contribution in [0.2, 0.25) is 0 Å². The fourth-order valence-electron chi connectivity index (χ4n) is 1.60. The van der Waals surface area contributed by atoms with Gasteiger partial charge in [0.15, 0.2) is 6.61 Å². The zero-order chi connectivity index (χ0) is 15.8. The van der Waals surface area contributed by atoms with Crippen molar-refractivity contribution in [1.82, 2.24) is 5.32 Å². The third kappa shape index (κ3) is 6.42. The summed E-state index contributed by atoms with van der Waals surface area (Å²) in [6.07, 6.45) is 0.000174. The molecule has 0 aliphatic heterocycles. The molecule has 1 atom stereocenters. The summed E-state index contributed by atoms with van der Waals surface area (Å²) >= 11 is 0. The smallest absolute Gasteiger partial charge is 0.303 e. The van der Waals surface area contributed by atoms with E-state index in [0.29, 0.717) is 11.3 Å². The van der Waals surface area contributed by atoms with Crippen molar-refractivity contribution in [3.05, 3.63) is 29.8 Å². The lowest BCUT2D eigenvalue weighted by Gasteiger charge is -2.10. The van der Waals surface area contributed by atoms with Gasteiger partial charge >= 0.3 is 5.97 Å². The van der Waals surface area contributed by atoms with Gasteiger partial charge in [0.1, 0.15) is 5.75 Å². The molecule has 0 saturated carbocycles. The van der Waals surface area contributed by atoms with Crippen LogP contribution in [0.5, 0.6) is 5.75 Å². The highest BCUT2D eigenvalue weighted by atomic mass is 16.5. The number of nitrogens with one attached hydrogen (secondary N) is 1. The minimum Gasteiger partial charge on any atom is -0.484 e. The van der Waals surface area contributed by atoms with E-state index < -0.39 is 11.9 Å². The van der Waals surface area contributed by atoms with Crippen LogP contribution in [0.4, 0.5) is 0 Å². The Hall–Kier alpha value is -2.57. The Labute approximate surface area is 122 Å². The number of hydrogen-bond acceptors (Lipinski definition) is 4. The van der Waals surface area contributed by atoms with Gasteiger partial charge in [-0.2, -0.15) is 0 Å². The lowest BCUT2D eigenvalue weighted by atomic mass is 10.1. The average molecular weight is 294 g/mol. The van der Waals surface area contributed by atoms with Crippen molar-refractivity contribution >= 4 is 17.8 Å². The van der Waals surface area contributed by atoms with Gasteiger partial charge in [0.25, 0.3) is 11.8 Å². The summed E-state index contributed by atoms with van der Waals surface area (Å²) in [6.45, 7) is 1.80. The van der Waals surface area contributed by atoms with Crippen LogP contribution in [-0.4, -0.2) is 36.0 Å². The number of aliphatic carboxylic acids is 1. The lowest BCUT2D eigenvalue weighted by Crippen LogP contribution is -2.29. The van der Waals surface area contributed by atoms with Crippen LogP contribution in [0.25, 0.3) is 0 Å². The van der Waals surface area contributed by atoms with Gasteiger partial charge in [0.05, 0.1) is 0 Å². The molecule has 0 saturated heterocycles. The number of carboxylic acid groups (broad SMARTS) is 1. The van der Waals surface area contributed by atoms with Crippen molar-refractivity contribution in [1.29, 1.82) is 0 Å². The molecule has 0 radical (unpaired) electrons. The summed E-state index contributed by atoms with van der Waals surface area (Å²) < 4.78 is 5.07. The monoisotopic (exact) mass is 294 g/mol. The minimum atomic E-state index is -0.896. The fourth-order valence-corrected chi connectivity index (χ4v) is 1.60. The van der Waals surface area contributed by atoms with Gasteiger partial charge in [-0.1, -0.05) is 6.92 Å². The second-order valence-corrected chi connectivity index (χ2v) is 4.69. The highest BCUT2D eigenvalue weighted by Gasteiger charge is 2.10. The Morgan fingerprint density at radius 2 is 1.90 bits per heavy atom. The van der Waals surface area contributed by atoms with Crippen LogP contribution in [0.3, 0.4) is 0 Å². The SMILES string of the molecule is CC(CNC(=O)c1ccc(OCC(N)=O)cc1)CC(=O)O. The third-order valence-corrected chi connectivity index (χ3v) is 2.63. The Morgan fingerprint density at radius 3 is 2.43 bits per heavy atom. The predicted octanol–water partition coefficient (Wildman–Crippen LogP) is 0.391. The molecule has 0 bridgehead atoms.